The van der Waals surface area contributed by atoms with E-state index < -0.39 is 11.9 Å². The Labute approximate surface area is 129 Å². The number of rotatable bonds is 9. The molecule has 0 bridgehead atoms. The zero-order chi connectivity index (χ0) is 16.2. The number of nitrogens with one attached hydrogen (secondary N) is 1. The van der Waals surface area contributed by atoms with Gasteiger partial charge in [-0.3, -0.25) is 9.79 Å². The highest BCUT2D eigenvalue weighted by Crippen LogP contribution is 2.06. The lowest BCUT2D eigenvalue weighted by Gasteiger charge is -2.13. The smallest absolute Gasteiger partial charge is 0.330 e. The van der Waals surface area contributed by atoms with Gasteiger partial charge in [0.15, 0.2) is 0 Å². The van der Waals surface area contributed by atoms with Crippen molar-refractivity contribution in [2.75, 3.05) is 26.9 Å². The lowest BCUT2D eigenvalue weighted by atomic mass is 10.1. The van der Waals surface area contributed by atoms with E-state index in [-0.39, 0.29) is 12.4 Å². The lowest BCUT2D eigenvalue weighted by Crippen LogP contribution is -2.36. The maximum Gasteiger partial charge on any atom is 0.330 e. The van der Waals surface area contributed by atoms with Gasteiger partial charge < -0.3 is 19.2 Å². The Morgan fingerprint density at radius 3 is 3.00 bits per heavy atom. The Morgan fingerprint density at radius 2 is 2.41 bits per heavy atom. The molecule has 0 aliphatic rings. The molecule has 120 valence electrons. The van der Waals surface area contributed by atoms with Crippen LogP contribution >= 0.6 is 0 Å². The average Bonchev–Trinajstić information content (AvgIpc) is 3.05. The minimum Gasteiger partial charge on any atom is -0.468 e. The highest BCUT2D eigenvalue weighted by molar-refractivity contribution is 6.03. The normalized spacial score (nSPS) is 12.5. The van der Waals surface area contributed by atoms with Crippen LogP contribution in [-0.2, 0) is 20.8 Å². The fourth-order valence-corrected chi connectivity index (χ4v) is 1.69. The Kier molecular flexibility index (Phi) is 8.38. The van der Waals surface area contributed by atoms with Gasteiger partial charge in [-0.15, -0.1) is 0 Å². The first kappa shape index (κ1) is 17.7. The molecule has 0 aliphatic heterocycles. The van der Waals surface area contributed by atoms with Crippen molar-refractivity contribution in [3.8, 4) is 6.07 Å². The van der Waals surface area contributed by atoms with Crippen LogP contribution in [0.1, 0.15) is 19.1 Å². The van der Waals surface area contributed by atoms with E-state index in [4.69, 9.17) is 9.15 Å². The summed E-state index contributed by atoms with van der Waals surface area (Å²) < 4.78 is 15.1. The summed E-state index contributed by atoms with van der Waals surface area (Å²) in [6.45, 7) is 3.97. The predicted octanol–water partition coefficient (Wildman–Crippen LogP) is 1.51. The van der Waals surface area contributed by atoms with E-state index in [1.54, 1.807) is 18.4 Å². The number of aliphatic imine (C=N–C) groups is 1. The third-order valence-corrected chi connectivity index (χ3v) is 2.80. The molecule has 1 aromatic rings. The van der Waals surface area contributed by atoms with Crippen LogP contribution in [0.15, 0.2) is 27.8 Å². The molecule has 0 saturated carbocycles. The molecule has 0 saturated heterocycles. The maximum atomic E-state index is 11.7. The molecule has 0 amide bonds. The Bertz CT molecular complexity index is 505. The second-order valence-corrected chi connectivity index (χ2v) is 4.34. The number of hydrogen-bond donors (Lipinski definition) is 1. The number of furan rings is 1. The molecule has 1 atom stereocenters. The zero-order valence-electron chi connectivity index (χ0n) is 12.9. The molecule has 1 N–H and O–H groups in total. The summed E-state index contributed by atoms with van der Waals surface area (Å²) in [5, 5.41) is 12.2. The second-order valence-electron chi connectivity index (χ2n) is 4.34. The van der Waals surface area contributed by atoms with E-state index in [0.717, 1.165) is 6.42 Å². The summed E-state index contributed by atoms with van der Waals surface area (Å²) in [7, 11) is 1.24. The summed E-state index contributed by atoms with van der Waals surface area (Å²) >= 11 is 0. The summed E-state index contributed by atoms with van der Waals surface area (Å²) in [5.74, 6) is -0.789. The zero-order valence-corrected chi connectivity index (χ0v) is 12.9. The van der Waals surface area contributed by atoms with Crippen LogP contribution in [0.25, 0.3) is 0 Å². The molecule has 0 aliphatic carbocycles. The van der Waals surface area contributed by atoms with Crippen molar-refractivity contribution in [1.29, 1.82) is 5.26 Å². The summed E-state index contributed by atoms with van der Waals surface area (Å²) in [6.07, 6.45) is 2.29. The number of hydrogen-bond acceptors (Lipinski definition) is 6. The molecular formula is C15H21N3O4. The predicted molar refractivity (Wildman–Crippen MR) is 80.1 cm³/mol. The van der Waals surface area contributed by atoms with E-state index in [0.29, 0.717) is 25.5 Å². The quantitative estimate of drug-likeness (QED) is 0.321. The molecule has 22 heavy (non-hydrogen) atoms. The molecule has 0 spiro atoms. The van der Waals surface area contributed by atoms with Gasteiger partial charge in [0.1, 0.15) is 11.6 Å². The van der Waals surface area contributed by atoms with Crippen molar-refractivity contribution in [2.45, 2.75) is 19.9 Å². The van der Waals surface area contributed by atoms with Crippen LogP contribution in [0.5, 0.6) is 0 Å². The number of nitrogens with zero attached hydrogens (tertiary/aromatic N) is 2. The van der Waals surface area contributed by atoms with E-state index in [9.17, 15) is 10.1 Å². The summed E-state index contributed by atoms with van der Waals surface area (Å²) in [4.78, 5) is 15.9. The molecule has 1 heterocycles. The highest BCUT2D eigenvalue weighted by atomic mass is 16.5. The second kappa shape index (κ2) is 10.4. The van der Waals surface area contributed by atoms with Gasteiger partial charge >= 0.3 is 5.97 Å². The third-order valence-electron chi connectivity index (χ3n) is 2.80. The van der Waals surface area contributed by atoms with Crippen molar-refractivity contribution in [1.82, 2.24) is 5.32 Å². The minimum absolute atomic E-state index is 0.246. The third kappa shape index (κ3) is 5.97. The number of carbonyl (C=O) groups excluding carboxylic acids is 1. The lowest BCUT2D eigenvalue weighted by molar-refractivity contribution is -0.141. The number of nitriles is 1. The van der Waals surface area contributed by atoms with Crippen molar-refractivity contribution in [2.24, 2.45) is 10.9 Å². The molecule has 7 heteroatoms. The Balaban J connectivity index is 2.68. The maximum absolute atomic E-state index is 11.7. The average molecular weight is 307 g/mol. The van der Waals surface area contributed by atoms with Gasteiger partial charge in [0.05, 0.1) is 26.0 Å². The van der Waals surface area contributed by atoms with Gasteiger partial charge in [-0.2, -0.15) is 5.26 Å². The number of methoxy groups -OCH3 is 1. The highest BCUT2D eigenvalue weighted by Gasteiger charge is 2.25. The molecule has 0 fully saturated rings. The van der Waals surface area contributed by atoms with Crippen molar-refractivity contribution >= 4 is 11.8 Å². The van der Waals surface area contributed by atoms with Gasteiger partial charge in [0.25, 0.3) is 0 Å². The number of esters is 1. The number of ether oxygens (including phenoxy) is 2. The van der Waals surface area contributed by atoms with Crippen LogP contribution < -0.4 is 5.32 Å². The van der Waals surface area contributed by atoms with Gasteiger partial charge in [-0.1, -0.05) is 0 Å². The molecule has 7 nitrogen and oxygen atoms in total. The SMILES string of the molecule is CCOCCCNC(=NCc1ccco1)C(C#N)C(=O)OC. The molecule has 1 rings (SSSR count). The van der Waals surface area contributed by atoms with E-state index >= 15 is 0 Å². The monoisotopic (exact) mass is 307 g/mol. The van der Waals surface area contributed by atoms with Crippen LogP contribution in [0.4, 0.5) is 0 Å². The number of carbonyl (C=O) groups is 1. The first-order chi connectivity index (χ1) is 10.7. The van der Waals surface area contributed by atoms with E-state index in [2.05, 4.69) is 15.0 Å². The molecule has 0 radical (unpaired) electrons. The fraction of sp³-hybridized carbons (Fsp3) is 0.533. The molecule has 1 aromatic heterocycles. The van der Waals surface area contributed by atoms with Crippen LogP contribution in [0, 0.1) is 17.2 Å². The Hall–Kier alpha value is -2.33. The van der Waals surface area contributed by atoms with Crippen molar-refractivity contribution < 1.29 is 18.7 Å². The standard InChI is InChI=1S/C15H21N3O4/c1-3-21-8-5-7-17-14(13(10-16)15(19)20-2)18-11-12-6-4-9-22-12/h4,6,9,13H,3,5,7-8,11H2,1-2H3,(H,17,18). The molecule has 0 aromatic carbocycles. The molecule has 1 unspecified atom stereocenters. The number of amidine groups is 1. The Morgan fingerprint density at radius 1 is 1.59 bits per heavy atom. The van der Waals surface area contributed by atoms with Gasteiger partial charge in [0.2, 0.25) is 5.92 Å². The van der Waals surface area contributed by atoms with Crippen LogP contribution in [-0.4, -0.2) is 38.7 Å². The topological polar surface area (TPSA) is 96.9 Å². The van der Waals surface area contributed by atoms with Crippen molar-refractivity contribution in [3.63, 3.8) is 0 Å². The molecular weight excluding hydrogens is 286 g/mol. The van der Waals surface area contributed by atoms with E-state index in [1.165, 1.54) is 7.11 Å². The first-order valence-electron chi connectivity index (χ1n) is 7.08. The van der Waals surface area contributed by atoms with Crippen LogP contribution in [0.2, 0.25) is 0 Å². The minimum atomic E-state index is -1.08. The van der Waals surface area contributed by atoms with Gasteiger partial charge in [0, 0.05) is 19.8 Å². The van der Waals surface area contributed by atoms with E-state index in [1.807, 2.05) is 13.0 Å². The summed E-state index contributed by atoms with van der Waals surface area (Å²) in [5.41, 5.74) is 0. The summed E-state index contributed by atoms with van der Waals surface area (Å²) in [6, 6.07) is 5.43. The van der Waals surface area contributed by atoms with Crippen molar-refractivity contribution in [3.05, 3.63) is 24.2 Å². The first-order valence-corrected chi connectivity index (χ1v) is 7.08. The largest absolute Gasteiger partial charge is 0.468 e. The van der Waals surface area contributed by atoms with Gasteiger partial charge in [-0.05, 0) is 25.5 Å². The van der Waals surface area contributed by atoms with Crippen LogP contribution in [0.3, 0.4) is 0 Å². The van der Waals surface area contributed by atoms with Gasteiger partial charge in [-0.25, -0.2) is 0 Å². The fourth-order valence-electron chi connectivity index (χ4n) is 1.69.